The molecule has 0 unspecified atom stereocenters. The molecule has 0 aromatic carbocycles. The molecule has 3 heteroatoms. The Labute approximate surface area is 268 Å². The van der Waals surface area contributed by atoms with E-state index < -0.39 is 0 Å². The summed E-state index contributed by atoms with van der Waals surface area (Å²) in [7, 11) is 9.71. The molecular weight excluding hydrogens is 510 g/mol. The number of quaternary nitrogens is 2. The van der Waals surface area contributed by atoms with Crippen molar-refractivity contribution in [3.8, 4) is 0 Å². The standard InChI is InChI=1S/C39H85N3/c1-7-9-11-13-15-17-19-21-23-25-27-29-32-36-41(3,4)37-34-31-35-40-39-42(5,6)38-33-30-28-26-24-22-20-18-16-14-12-10-8-2/h40H,7-39H2,1-6H3/q+2. The van der Waals surface area contributed by atoms with Crippen LogP contribution < -0.4 is 5.32 Å². The van der Waals surface area contributed by atoms with Crippen LogP contribution in [0.1, 0.15) is 194 Å². The fraction of sp³-hybridized carbons (Fsp3) is 1.00. The van der Waals surface area contributed by atoms with Gasteiger partial charge in [0.05, 0.1) is 47.8 Å². The van der Waals surface area contributed by atoms with Gasteiger partial charge < -0.3 is 8.97 Å². The molecule has 0 atom stereocenters. The summed E-state index contributed by atoms with van der Waals surface area (Å²) in [5.74, 6) is 0. The van der Waals surface area contributed by atoms with E-state index in [4.69, 9.17) is 0 Å². The lowest BCUT2D eigenvalue weighted by atomic mass is 10.0. The number of hydrogen-bond donors (Lipinski definition) is 1. The maximum absolute atomic E-state index is 3.77. The molecule has 0 heterocycles. The van der Waals surface area contributed by atoms with Gasteiger partial charge in [0, 0.05) is 6.54 Å². The van der Waals surface area contributed by atoms with Crippen molar-refractivity contribution in [2.24, 2.45) is 0 Å². The summed E-state index contributed by atoms with van der Waals surface area (Å²) < 4.78 is 2.33. The molecule has 0 saturated heterocycles. The van der Waals surface area contributed by atoms with Crippen molar-refractivity contribution >= 4 is 0 Å². The highest BCUT2D eigenvalue weighted by Crippen LogP contribution is 2.15. The molecule has 0 aliphatic rings. The first-order valence-corrected chi connectivity index (χ1v) is 19.7. The average Bonchev–Trinajstić information content (AvgIpc) is 2.95. The predicted octanol–water partition coefficient (Wildman–Crippen LogP) is 11.6. The first-order valence-electron chi connectivity index (χ1n) is 19.7. The molecule has 254 valence electrons. The molecule has 0 radical (unpaired) electrons. The van der Waals surface area contributed by atoms with E-state index >= 15 is 0 Å². The van der Waals surface area contributed by atoms with Crippen LogP contribution >= 0.6 is 0 Å². The second-order valence-electron chi connectivity index (χ2n) is 15.4. The van der Waals surface area contributed by atoms with Crippen LogP contribution in [-0.2, 0) is 0 Å². The summed E-state index contributed by atoms with van der Waals surface area (Å²) in [4.78, 5) is 0. The van der Waals surface area contributed by atoms with Crippen molar-refractivity contribution in [1.29, 1.82) is 0 Å². The number of nitrogens with zero attached hydrogens (tertiary/aromatic N) is 2. The largest absolute Gasteiger partial charge is 0.328 e. The quantitative estimate of drug-likeness (QED) is 0.0436. The van der Waals surface area contributed by atoms with Crippen LogP contribution in [0.4, 0.5) is 0 Å². The van der Waals surface area contributed by atoms with Crippen LogP contribution in [0.15, 0.2) is 0 Å². The maximum Gasteiger partial charge on any atom is 0.132 e. The van der Waals surface area contributed by atoms with Crippen molar-refractivity contribution in [2.75, 3.05) is 61.0 Å². The van der Waals surface area contributed by atoms with Crippen molar-refractivity contribution in [3.63, 3.8) is 0 Å². The van der Waals surface area contributed by atoms with Crippen LogP contribution in [-0.4, -0.2) is 70.0 Å². The maximum atomic E-state index is 3.77. The summed E-state index contributed by atoms with van der Waals surface area (Å²) in [6.07, 6.45) is 40.3. The molecule has 0 spiro atoms. The topological polar surface area (TPSA) is 12.0 Å². The van der Waals surface area contributed by atoms with Gasteiger partial charge in [0.15, 0.2) is 0 Å². The minimum absolute atomic E-state index is 1.12. The van der Waals surface area contributed by atoms with Crippen LogP contribution in [0.25, 0.3) is 0 Å². The van der Waals surface area contributed by atoms with E-state index in [1.165, 1.54) is 210 Å². The van der Waals surface area contributed by atoms with Gasteiger partial charge in [0.25, 0.3) is 0 Å². The molecule has 1 N–H and O–H groups in total. The Morgan fingerprint density at radius 3 is 0.905 bits per heavy atom. The van der Waals surface area contributed by atoms with E-state index in [9.17, 15) is 0 Å². The van der Waals surface area contributed by atoms with E-state index in [1.54, 1.807) is 0 Å². The number of unbranched alkanes of at least 4 members (excludes halogenated alkanes) is 25. The van der Waals surface area contributed by atoms with E-state index in [0.29, 0.717) is 0 Å². The SMILES string of the molecule is CCCCCCCCCCCCCCC[N+](C)(C)CCCCNC[N+](C)(C)CCCCCCCCCCCCCCC. The van der Waals surface area contributed by atoms with Gasteiger partial charge in [-0.3, -0.25) is 5.32 Å². The Bertz CT molecular complexity index is 470. The molecule has 0 rings (SSSR count). The molecule has 42 heavy (non-hydrogen) atoms. The normalized spacial score (nSPS) is 12.4. The Kier molecular flexibility index (Phi) is 30.8. The summed E-state index contributed by atoms with van der Waals surface area (Å²) in [6, 6.07) is 0. The molecular formula is C39H85N3+2. The fourth-order valence-electron chi connectivity index (χ4n) is 6.48. The third kappa shape index (κ3) is 32.8. The Hall–Kier alpha value is -0.120. The van der Waals surface area contributed by atoms with Crippen LogP contribution in [0.3, 0.4) is 0 Å². The fourth-order valence-corrected chi connectivity index (χ4v) is 6.48. The van der Waals surface area contributed by atoms with Crippen LogP contribution in [0.2, 0.25) is 0 Å². The minimum atomic E-state index is 1.12. The highest BCUT2D eigenvalue weighted by molar-refractivity contribution is 4.52. The first-order chi connectivity index (χ1) is 20.3. The van der Waals surface area contributed by atoms with Gasteiger partial charge in [0.1, 0.15) is 6.67 Å². The highest BCUT2D eigenvalue weighted by Gasteiger charge is 2.15. The van der Waals surface area contributed by atoms with Gasteiger partial charge in [-0.05, 0) is 38.5 Å². The lowest BCUT2D eigenvalue weighted by Gasteiger charge is -2.31. The second kappa shape index (κ2) is 30.9. The number of nitrogens with one attached hydrogen (secondary N) is 1. The van der Waals surface area contributed by atoms with Gasteiger partial charge in [-0.1, -0.05) is 155 Å². The lowest BCUT2D eigenvalue weighted by Crippen LogP contribution is -2.47. The van der Waals surface area contributed by atoms with Gasteiger partial charge in [0.2, 0.25) is 0 Å². The number of hydrogen-bond acceptors (Lipinski definition) is 1. The zero-order valence-electron chi connectivity index (χ0n) is 30.7. The summed E-state index contributed by atoms with van der Waals surface area (Å²) in [5.41, 5.74) is 0. The monoisotopic (exact) mass is 596 g/mol. The second-order valence-corrected chi connectivity index (χ2v) is 15.4. The van der Waals surface area contributed by atoms with Gasteiger partial charge in [-0.2, -0.15) is 0 Å². The van der Waals surface area contributed by atoms with Crippen molar-refractivity contribution in [3.05, 3.63) is 0 Å². The van der Waals surface area contributed by atoms with E-state index in [2.05, 4.69) is 47.4 Å². The molecule has 0 bridgehead atoms. The Morgan fingerprint density at radius 2 is 0.571 bits per heavy atom. The summed E-state index contributed by atoms with van der Waals surface area (Å²) >= 11 is 0. The molecule has 0 aromatic rings. The van der Waals surface area contributed by atoms with Crippen molar-refractivity contribution in [1.82, 2.24) is 5.32 Å². The molecule has 3 nitrogen and oxygen atoms in total. The Balaban J connectivity index is 3.49. The lowest BCUT2D eigenvalue weighted by molar-refractivity contribution is -0.893. The highest BCUT2D eigenvalue weighted by atomic mass is 15.4. The molecule has 0 amide bonds. The van der Waals surface area contributed by atoms with Gasteiger partial charge in [-0.15, -0.1) is 0 Å². The predicted molar refractivity (Wildman–Crippen MR) is 192 cm³/mol. The average molecular weight is 596 g/mol. The zero-order valence-corrected chi connectivity index (χ0v) is 30.7. The molecule has 0 saturated carbocycles. The van der Waals surface area contributed by atoms with Crippen LogP contribution in [0.5, 0.6) is 0 Å². The molecule has 0 aliphatic carbocycles. The van der Waals surface area contributed by atoms with Crippen molar-refractivity contribution < 1.29 is 8.97 Å². The Morgan fingerprint density at radius 1 is 0.310 bits per heavy atom. The zero-order chi connectivity index (χ0) is 31.0. The van der Waals surface area contributed by atoms with E-state index in [-0.39, 0.29) is 0 Å². The van der Waals surface area contributed by atoms with Gasteiger partial charge >= 0.3 is 0 Å². The third-order valence-corrected chi connectivity index (χ3v) is 9.64. The first kappa shape index (κ1) is 41.9. The molecule has 0 aliphatic heterocycles. The van der Waals surface area contributed by atoms with Crippen LogP contribution in [0, 0.1) is 0 Å². The van der Waals surface area contributed by atoms with Crippen molar-refractivity contribution in [2.45, 2.75) is 194 Å². The van der Waals surface area contributed by atoms with E-state index in [1.807, 2.05) is 0 Å². The summed E-state index contributed by atoms with van der Waals surface area (Å²) in [5, 5.41) is 3.77. The third-order valence-electron chi connectivity index (χ3n) is 9.64. The smallest absolute Gasteiger partial charge is 0.132 e. The van der Waals surface area contributed by atoms with E-state index in [0.717, 1.165) is 11.2 Å². The summed E-state index contributed by atoms with van der Waals surface area (Å²) in [6.45, 7) is 10.9. The number of rotatable bonds is 35. The minimum Gasteiger partial charge on any atom is -0.328 e. The molecule has 0 fully saturated rings. The van der Waals surface area contributed by atoms with Gasteiger partial charge in [-0.25, -0.2) is 0 Å². The molecule has 0 aromatic heterocycles.